The Kier molecular flexibility index (Phi) is 5.39. The van der Waals surface area contributed by atoms with Crippen LogP contribution < -0.4 is 5.32 Å². The minimum atomic E-state index is -1.03. The van der Waals surface area contributed by atoms with Crippen LogP contribution in [0.4, 0.5) is 5.69 Å². The summed E-state index contributed by atoms with van der Waals surface area (Å²) in [6.45, 7) is 1.91. The highest BCUT2D eigenvalue weighted by molar-refractivity contribution is 6.33. The standard InChI is InChI=1S/C13H14ClNO3/c1-2-3-12(16)15-11-8-9(4-6-10(11)14)5-7-13(17)18/h4-8H,2-3H2,1H3,(H,15,16)(H,17,18)/b7-5+. The highest BCUT2D eigenvalue weighted by Gasteiger charge is 2.05. The number of benzene rings is 1. The summed E-state index contributed by atoms with van der Waals surface area (Å²) in [4.78, 5) is 21.9. The summed E-state index contributed by atoms with van der Waals surface area (Å²) in [5.41, 5.74) is 1.15. The molecule has 0 bridgehead atoms. The molecule has 0 unspecified atom stereocenters. The first-order valence-corrected chi connectivity index (χ1v) is 5.91. The lowest BCUT2D eigenvalue weighted by Gasteiger charge is -2.07. The summed E-state index contributed by atoms with van der Waals surface area (Å²) in [7, 11) is 0. The van der Waals surface area contributed by atoms with Crippen molar-refractivity contribution in [3.05, 3.63) is 34.9 Å². The van der Waals surface area contributed by atoms with Crippen molar-refractivity contribution in [1.29, 1.82) is 0 Å². The Morgan fingerprint density at radius 3 is 2.78 bits per heavy atom. The summed E-state index contributed by atoms with van der Waals surface area (Å²) in [5, 5.41) is 11.6. The van der Waals surface area contributed by atoms with Gasteiger partial charge in [0.25, 0.3) is 0 Å². The third-order valence-corrected chi connectivity index (χ3v) is 2.49. The molecule has 0 saturated heterocycles. The molecular formula is C13H14ClNO3. The molecule has 0 aromatic heterocycles. The van der Waals surface area contributed by atoms with Crippen LogP contribution in [0.25, 0.3) is 6.08 Å². The van der Waals surface area contributed by atoms with E-state index < -0.39 is 5.97 Å². The average Bonchev–Trinajstić information content (AvgIpc) is 2.30. The van der Waals surface area contributed by atoms with Crippen molar-refractivity contribution in [3.8, 4) is 0 Å². The van der Waals surface area contributed by atoms with Crippen LogP contribution in [0, 0.1) is 0 Å². The first-order valence-electron chi connectivity index (χ1n) is 5.53. The van der Waals surface area contributed by atoms with Gasteiger partial charge in [-0.15, -0.1) is 0 Å². The van der Waals surface area contributed by atoms with Gasteiger partial charge in [-0.1, -0.05) is 24.6 Å². The minimum absolute atomic E-state index is 0.112. The number of aliphatic carboxylic acids is 1. The zero-order valence-electron chi connectivity index (χ0n) is 9.94. The van der Waals surface area contributed by atoms with Crippen molar-refractivity contribution >= 4 is 35.2 Å². The van der Waals surface area contributed by atoms with Crippen LogP contribution in [0.15, 0.2) is 24.3 Å². The lowest BCUT2D eigenvalue weighted by Crippen LogP contribution is -2.11. The molecule has 1 amide bonds. The maximum Gasteiger partial charge on any atom is 0.328 e. The predicted octanol–water partition coefficient (Wildman–Crippen LogP) is 3.18. The maximum absolute atomic E-state index is 11.5. The number of carboxylic acids is 1. The van der Waals surface area contributed by atoms with E-state index in [1.165, 1.54) is 6.08 Å². The molecule has 0 aliphatic heterocycles. The highest BCUT2D eigenvalue weighted by Crippen LogP contribution is 2.24. The molecule has 18 heavy (non-hydrogen) atoms. The first kappa shape index (κ1) is 14.3. The normalized spacial score (nSPS) is 10.6. The van der Waals surface area contributed by atoms with Crippen molar-refractivity contribution in [1.82, 2.24) is 0 Å². The lowest BCUT2D eigenvalue weighted by atomic mass is 10.2. The van der Waals surface area contributed by atoms with Crippen molar-refractivity contribution in [3.63, 3.8) is 0 Å². The fourth-order valence-electron chi connectivity index (χ4n) is 1.35. The van der Waals surface area contributed by atoms with Gasteiger partial charge in [0.05, 0.1) is 10.7 Å². The van der Waals surface area contributed by atoms with Crippen molar-refractivity contribution < 1.29 is 14.7 Å². The molecule has 0 aliphatic carbocycles. The molecule has 1 aromatic carbocycles. The molecule has 0 saturated carbocycles. The first-order chi connectivity index (χ1) is 8.52. The van der Waals surface area contributed by atoms with Gasteiger partial charge in [-0.05, 0) is 30.2 Å². The molecule has 0 spiro atoms. The molecule has 0 radical (unpaired) electrons. The Hall–Kier alpha value is -1.81. The molecule has 2 N–H and O–H groups in total. The summed E-state index contributed by atoms with van der Waals surface area (Å²) >= 11 is 5.95. The summed E-state index contributed by atoms with van der Waals surface area (Å²) in [6.07, 6.45) is 3.64. The van der Waals surface area contributed by atoms with Crippen LogP contribution in [-0.4, -0.2) is 17.0 Å². The van der Waals surface area contributed by atoms with Crippen molar-refractivity contribution in [2.75, 3.05) is 5.32 Å². The van der Waals surface area contributed by atoms with Gasteiger partial charge in [0.15, 0.2) is 0 Å². The summed E-state index contributed by atoms with van der Waals surface area (Å²) < 4.78 is 0. The molecule has 5 heteroatoms. The van der Waals surface area contributed by atoms with Crippen LogP contribution >= 0.6 is 11.6 Å². The van der Waals surface area contributed by atoms with Crippen LogP contribution in [0.3, 0.4) is 0 Å². The van der Waals surface area contributed by atoms with E-state index >= 15 is 0 Å². The molecule has 0 aliphatic rings. The van der Waals surface area contributed by atoms with E-state index in [1.807, 2.05) is 6.92 Å². The highest BCUT2D eigenvalue weighted by atomic mass is 35.5. The van der Waals surface area contributed by atoms with E-state index in [0.29, 0.717) is 22.7 Å². The van der Waals surface area contributed by atoms with E-state index in [4.69, 9.17) is 16.7 Å². The number of rotatable bonds is 5. The number of carboxylic acid groups (broad SMARTS) is 1. The fourth-order valence-corrected chi connectivity index (χ4v) is 1.51. The van der Waals surface area contributed by atoms with Gasteiger partial charge < -0.3 is 10.4 Å². The lowest BCUT2D eigenvalue weighted by molar-refractivity contribution is -0.131. The molecule has 1 rings (SSSR count). The van der Waals surface area contributed by atoms with Gasteiger partial charge >= 0.3 is 5.97 Å². The second kappa shape index (κ2) is 6.81. The molecule has 96 valence electrons. The molecule has 4 nitrogen and oxygen atoms in total. The number of nitrogens with one attached hydrogen (secondary N) is 1. The topological polar surface area (TPSA) is 66.4 Å². The van der Waals surface area contributed by atoms with E-state index in [-0.39, 0.29) is 5.91 Å². The van der Waals surface area contributed by atoms with Gasteiger partial charge in [-0.2, -0.15) is 0 Å². The number of hydrogen-bond donors (Lipinski definition) is 2. The largest absolute Gasteiger partial charge is 0.478 e. The second-order valence-corrected chi connectivity index (χ2v) is 4.12. The van der Waals surface area contributed by atoms with Gasteiger partial charge in [-0.25, -0.2) is 4.79 Å². The number of carbonyl (C=O) groups is 2. The van der Waals surface area contributed by atoms with Gasteiger partial charge in [0.1, 0.15) is 0 Å². The predicted molar refractivity (Wildman–Crippen MR) is 71.7 cm³/mol. The minimum Gasteiger partial charge on any atom is -0.478 e. The summed E-state index contributed by atoms with van der Waals surface area (Å²) in [5.74, 6) is -1.14. The van der Waals surface area contributed by atoms with Gasteiger partial charge in [0.2, 0.25) is 5.91 Å². The molecular weight excluding hydrogens is 254 g/mol. The van der Waals surface area contributed by atoms with E-state index in [9.17, 15) is 9.59 Å². The molecule has 0 heterocycles. The average molecular weight is 268 g/mol. The number of amides is 1. The SMILES string of the molecule is CCCC(=O)Nc1cc(/C=C/C(=O)O)ccc1Cl. The van der Waals surface area contributed by atoms with Crippen molar-refractivity contribution in [2.24, 2.45) is 0 Å². The van der Waals surface area contributed by atoms with E-state index in [2.05, 4.69) is 5.32 Å². The third-order valence-electron chi connectivity index (χ3n) is 2.16. The van der Waals surface area contributed by atoms with E-state index in [1.54, 1.807) is 18.2 Å². The monoisotopic (exact) mass is 267 g/mol. The van der Waals surface area contributed by atoms with Crippen LogP contribution in [0.5, 0.6) is 0 Å². The van der Waals surface area contributed by atoms with Gasteiger partial charge in [-0.3, -0.25) is 4.79 Å². The van der Waals surface area contributed by atoms with Crippen LogP contribution in [-0.2, 0) is 9.59 Å². The quantitative estimate of drug-likeness (QED) is 0.805. The zero-order chi connectivity index (χ0) is 13.5. The molecule has 1 aromatic rings. The Bertz CT molecular complexity index is 483. The zero-order valence-corrected chi connectivity index (χ0v) is 10.7. The van der Waals surface area contributed by atoms with Crippen LogP contribution in [0.2, 0.25) is 5.02 Å². The Morgan fingerprint density at radius 2 is 2.17 bits per heavy atom. The Labute approximate surface area is 110 Å². The smallest absolute Gasteiger partial charge is 0.328 e. The fraction of sp³-hybridized carbons (Fsp3) is 0.231. The second-order valence-electron chi connectivity index (χ2n) is 3.71. The molecule has 0 fully saturated rings. The van der Waals surface area contributed by atoms with Crippen LogP contribution in [0.1, 0.15) is 25.3 Å². The Balaban J connectivity index is 2.87. The summed E-state index contributed by atoms with van der Waals surface area (Å²) in [6, 6.07) is 4.93. The van der Waals surface area contributed by atoms with Crippen molar-refractivity contribution in [2.45, 2.75) is 19.8 Å². The third kappa shape index (κ3) is 4.59. The number of anilines is 1. The number of halogens is 1. The number of hydrogen-bond acceptors (Lipinski definition) is 2. The molecule has 0 atom stereocenters. The number of carbonyl (C=O) groups excluding carboxylic acids is 1. The van der Waals surface area contributed by atoms with Gasteiger partial charge in [0, 0.05) is 12.5 Å². The maximum atomic E-state index is 11.5. The Morgan fingerprint density at radius 1 is 1.44 bits per heavy atom. The van der Waals surface area contributed by atoms with E-state index in [0.717, 1.165) is 12.5 Å².